The van der Waals surface area contributed by atoms with Crippen molar-refractivity contribution in [3.8, 4) is 0 Å². The average Bonchev–Trinajstić information content (AvgIpc) is 2.74. The zero-order valence-corrected chi connectivity index (χ0v) is 15.9. The van der Waals surface area contributed by atoms with Crippen molar-refractivity contribution >= 4 is 34.6 Å². The number of nitrogens with two attached hydrogens (primary N) is 4. The molecule has 0 aliphatic rings. The minimum Gasteiger partial charge on any atom is -0.397 e. The summed E-state index contributed by atoms with van der Waals surface area (Å²) in [5.41, 5.74) is 24.4. The van der Waals surface area contributed by atoms with Gasteiger partial charge in [0.1, 0.15) is 11.7 Å². The molecule has 10 N–H and O–H groups in total. The first-order valence-corrected chi connectivity index (χ1v) is 8.87. The van der Waals surface area contributed by atoms with Gasteiger partial charge in [0.05, 0.1) is 16.9 Å². The Balaban J connectivity index is 2.16. The van der Waals surface area contributed by atoms with Crippen LogP contribution in [0.25, 0.3) is 0 Å². The van der Waals surface area contributed by atoms with Crippen molar-refractivity contribution in [3.63, 3.8) is 0 Å². The Labute approximate surface area is 172 Å². The molecule has 30 heavy (non-hydrogen) atoms. The third kappa shape index (κ3) is 3.74. The maximum absolute atomic E-state index is 13.3. The number of anilines is 2. The molecule has 0 aliphatic heterocycles. The number of carbonyl (C=O) groups is 2. The molecule has 0 radical (unpaired) electrons. The zero-order valence-electron chi connectivity index (χ0n) is 15.9. The van der Waals surface area contributed by atoms with Gasteiger partial charge in [-0.15, -0.1) is 0 Å². The molecule has 0 aromatic heterocycles. The molecule has 0 bridgehead atoms. The van der Waals surface area contributed by atoms with Gasteiger partial charge in [-0.1, -0.05) is 36.4 Å². The lowest BCUT2D eigenvalue weighted by atomic mass is 9.90. The van der Waals surface area contributed by atoms with Gasteiger partial charge in [-0.25, -0.2) is 0 Å². The second-order valence-corrected chi connectivity index (χ2v) is 6.64. The Kier molecular flexibility index (Phi) is 5.33. The van der Waals surface area contributed by atoms with Crippen molar-refractivity contribution in [2.45, 2.75) is 0 Å². The summed E-state index contributed by atoms with van der Waals surface area (Å²) < 4.78 is 0. The highest BCUT2D eigenvalue weighted by Gasteiger charge is 2.24. The molecule has 150 valence electrons. The topological polar surface area (TPSA) is 186 Å². The van der Waals surface area contributed by atoms with Gasteiger partial charge in [0, 0.05) is 27.8 Å². The molecule has 8 nitrogen and oxygen atoms in total. The summed E-state index contributed by atoms with van der Waals surface area (Å²) in [6.45, 7) is 0. The third-order valence-electron chi connectivity index (χ3n) is 4.62. The molecule has 0 saturated heterocycles. The third-order valence-corrected chi connectivity index (χ3v) is 4.62. The molecule has 0 saturated carbocycles. The first kappa shape index (κ1) is 20.3. The lowest BCUT2D eigenvalue weighted by molar-refractivity contribution is 0.100. The normalized spacial score (nSPS) is 10.4. The molecular weight excluding hydrogens is 380 g/mol. The minimum absolute atomic E-state index is 0.0122. The van der Waals surface area contributed by atoms with Crippen LogP contribution in [0, 0.1) is 10.8 Å². The van der Waals surface area contributed by atoms with Crippen molar-refractivity contribution in [3.05, 3.63) is 94.0 Å². The molecule has 0 atom stereocenters. The first-order chi connectivity index (χ1) is 14.2. The van der Waals surface area contributed by atoms with Crippen LogP contribution in [0.2, 0.25) is 0 Å². The number of benzene rings is 3. The van der Waals surface area contributed by atoms with Gasteiger partial charge < -0.3 is 22.9 Å². The average molecular weight is 400 g/mol. The van der Waals surface area contributed by atoms with E-state index < -0.39 is 11.6 Å². The molecule has 0 spiro atoms. The molecular formula is C22H20N6O2. The van der Waals surface area contributed by atoms with Gasteiger partial charge in [0.2, 0.25) is 0 Å². The summed E-state index contributed by atoms with van der Waals surface area (Å²) in [6.07, 6.45) is 0. The van der Waals surface area contributed by atoms with Gasteiger partial charge in [0.25, 0.3) is 0 Å². The Morgan fingerprint density at radius 3 is 1.63 bits per heavy atom. The first-order valence-electron chi connectivity index (χ1n) is 8.87. The largest absolute Gasteiger partial charge is 0.397 e. The molecule has 3 aromatic rings. The Bertz CT molecular complexity index is 1220. The molecule has 0 aliphatic carbocycles. The predicted molar refractivity (Wildman–Crippen MR) is 117 cm³/mol. The van der Waals surface area contributed by atoms with Crippen LogP contribution < -0.4 is 22.9 Å². The van der Waals surface area contributed by atoms with Crippen LogP contribution in [-0.4, -0.2) is 23.2 Å². The van der Waals surface area contributed by atoms with E-state index in [-0.39, 0.29) is 45.3 Å². The summed E-state index contributed by atoms with van der Waals surface area (Å²) in [7, 11) is 0. The van der Waals surface area contributed by atoms with Crippen LogP contribution in [0.15, 0.2) is 60.7 Å². The number of nitrogen functional groups attached to an aromatic ring is 4. The fourth-order valence-electron chi connectivity index (χ4n) is 3.03. The smallest absolute Gasteiger partial charge is 0.195 e. The highest BCUT2D eigenvalue weighted by Crippen LogP contribution is 2.29. The Morgan fingerprint density at radius 1 is 0.667 bits per heavy atom. The molecule has 0 unspecified atom stereocenters. The maximum atomic E-state index is 13.3. The standard InChI is InChI=1S/C22H20N6O2/c23-16-8-7-15(19(29)11-3-1-5-13(9-11)21(25)26)17(18(16)24)20(30)12-4-2-6-14(10-12)22(27)28/h1-10H,23-24H2,(H3,25,26)(H3,27,28). The van der Waals surface area contributed by atoms with E-state index in [2.05, 4.69) is 0 Å². The molecule has 0 heterocycles. The van der Waals surface area contributed by atoms with E-state index in [0.717, 1.165) is 0 Å². The molecule has 0 amide bonds. The van der Waals surface area contributed by atoms with Crippen molar-refractivity contribution in [2.24, 2.45) is 11.5 Å². The molecule has 3 aromatic carbocycles. The number of hydrogen-bond donors (Lipinski definition) is 6. The molecule has 0 fully saturated rings. The zero-order chi connectivity index (χ0) is 22.0. The number of hydrogen-bond acceptors (Lipinski definition) is 6. The molecule has 3 rings (SSSR count). The van der Waals surface area contributed by atoms with Gasteiger partial charge >= 0.3 is 0 Å². The second kappa shape index (κ2) is 7.88. The second-order valence-electron chi connectivity index (χ2n) is 6.64. The lowest BCUT2D eigenvalue weighted by Crippen LogP contribution is -2.17. The Hall–Kier alpha value is -4.46. The van der Waals surface area contributed by atoms with Crippen molar-refractivity contribution < 1.29 is 9.59 Å². The van der Waals surface area contributed by atoms with Crippen LogP contribution in [0.1, 0.15) is 43.0 Å². The highest BCUT2D eigenvalue weighted by atomic mass is 16.1. The van der Waals surface area contributed by atoms with E-state index in [1.165, 1.54) is 24.3 Å². The van der Waals surface area contributed by atoms with E-state index >= 15 is 0 Å². The quantitative estimate of drug-likeness (QED) is 0.159. The number of carbonyl (C=O) groups excluding carboxylic acids is 2. The number of rotatable bonds is 6. The van der Waals surface area contributed by atoms with Crippen LogP contribution in [0.4, 0.5) is 11.4 Å². The van der Waals surface area contributed by atoms with Crippen molar-refractivity contribution in [1.29, 1.82) is 10.8 Å². The summed E-state index contributed by atoms with van der Waals surface area (Å²) in [5.74, 6) is -1.36. The van der Waals surface area contributed by atoms with E-state index in [4.69, 9.17) is 33.8 Å². The number of amidine groups is 2. The summed E-state index contributed by atoms with van der Waals surface area (Å²) in [4.78, 5) is 26.5. The van der Waals surface area contributed by atoms with E-state index in [0.29, 0.717) is 11.1 Å². The van der Waals surface area contributed by atoms with Gasteiger partial charge in [0.15, 0.2) is 11.6 Å². The van der Waals surface area contributed by atoms with Crippen LogP contribution >= 0.6 is 0 Å². The summed E-state index contributed by atoms with van der Waals surface area (Å²) >= 11 is 0. The van der Waals surface area contributed by atoms with Gasteiger partial charge in [-0.3, -0.25) is 20.4 Å². The summed E-state index contributed by atoms with van der Waals surface area (Å²) in [5, 5.41) is 15.1. The SMILES string of the molecule is N=C(N)c1cccc(C(=O)c2ccc(N)c(N)c2C(=O)c2cccc(C(=N)N)c2)c1. The minimum atomic E-state index is -0.519. The highest BCUT2D eigenvalue weighted by molar-refractivity contribution is 6.23. The number of ketones is 2. The van der Waals surface area contributed by atoms with Crippen molar-refractivity contribution in [1.82, 2.24) is 0 Å². The lowest BCUT2D eigenvalue weighted by Gasteiger charge is -2.14. The van der Waals surface area contributed by atoms with Gasteiger partial charge in [-0.05, 0) is 24.3 Å². The van der Waals surface area contributed by atoms with Crippen LogP contribution in [-0.2, 0) is 0 Å². The van der Waals surface area contributed by atoms with Crippen molar-refractivity contribution in [2.75, 3.05) is 11.5 Å². The van der Waals surface area contributed by atoms with Crippen LogP contribution in [0.3, 0.4) is 0 Å². The van der Waals surface area contributed by atoms with Crippen LogP contribution in [0.5, 0.6) is 0 Å². The fourth-order valence-corrected chi connectivity index (χ4v) is 3.03. The fraction of sp³-hybridized carbons (Fsp3) is 0. The predicted octanol–water partition coefficient (Wildman–Crippen LogP) is 1.88. The van der Waals surface area contributed by atoms with E-state index in [9.17, 15) is 9.59 Å². The Morgan fingerprint density at radius 2 is 1.13 bits per heavy atom. The monoisotopic (exact) mass is 400 g/mol. The van der Waals surface area contributed by atoms with E-state index in [1.54, 1.807) is 36.4 Å². The van der Waals surface area contributed by atoms with Gasteiger partial charge in [-0.2, -0.15) is 0 Å². The maximum Gasteiger partial charge on any atom is 0.195 e. The van der Waals surface area contributed by atoms with E-state index in [1.807, 2.05) is 0 Å². The molecule has 8 heteroatoms. The summed E-state index contributed by atoms with van der Waals surface area (Å²) in [6, 6.07) is 15.3. The number of nitrogens with one attached hydrogen (secondary N) is 2.